The minimum absolute atomic E-state index is 0.0591. The standard InChI is InChI=1S/C18H28N6O3/c19-11(6-10-4-2-1-3-5-10)7-12-14(25)15(26)18(27-12)24-9-23-13-16(20)21-8-22-17(13)24/h8-12,14-15,18,25-26H,1-7,19H2,(H2,20,21,22)/t11-,12+,14+,15+,18+/m0/s1. The topological polar surface area (TPSA) is 145 Å². The number of imidazole rings is 1. The second-order valence-electron chi connectivity index (χ2n) is 7.86. The van der Waals surface area contributed by atoms with Crippen molar-refractivity contribution in [2.75, 3.05) is 5.73 Å². The summed E-state index contributed by atoms with van der Waals surface area (Å²) in [6, 6.07) is -0.0591. The van der Waals surface area contributed by atoms with Crippen LogP contribution in [0.4, 0.5) is 5.82 Å². The fourth-order valence-electron chi connectivity index (χ4n) is 4.46. The lowest BCUT2D eigenvalue weighted by Gasteiger charge is -2.26. The first-order valence-electron chi connectivity index (χ1n) is 9.74. The number of aromatic nitrogens is 4. The summed E-state index contributed by atoms with van der Waals surface area (Å²) < 4.78 is 7.57. The number of nitrogens with two attached hydrogens (primary N) is 2. The van der Waals surface area contributed by atoms with Crippen LogP contribution in [-0.4, -0.2) is 54.1 Å². The van der Waals surface area contributed by atoms with Crippen LogP contribution < -0.4 is 11.5 Å². The van der Waals surface area contributed by atoms with E-state index in [1.165, 1.54) is 44.8 Å². The molecular weight excluding hydrogens is 348 g/mol. The Kier molecular flexibility index (Phi) is 5.27. The normalized spacial score (nSPS) is 30.8. The van der Waals surface area contributed by atoms with Gasteiger partial charge >= 0.3 is 0 Å². The maximum Gasteiger partial charge on any atom is 0.167 e. The Bertz CT molecular complexity index is 778. The lowest BCUT2D eigenvalue weighted by molar-refractivity contribution is -0.0391. The number of fused-ring (bicyclic) bond motifs is 1. The monoisotopic (exact) mass is 376 g/mol. The molecule has 3 heterocycles. The molecular formula is C18H28N6O3. The summed E-state index contributed by atoms with van der Waals surface area (Å²) in [5, 5.41) is 21.0. The van der Waals surface area contributed by atoms with Gasteiger partial charge in [-0.05, 0) is 18.8 Å². The van der Waals surface area contributed by atoms with E-state index in [4.69, 9.17) is 16.2 Å². The molecule has 0 bridgehead atoms. The van der Waals surface area contributed by atoms with E-state index in [0.29, 0.717) is 23.5 Å². The molecule has 1 saturated heterocycles. The molecule has 1 aliphatic heterocycles. The summed E-state index contributed by atoms with van der Waals surface area (Å²) in [5.74, 6) is 0.920. The van der Waals surface area contributed by atoms with E-state index < -0.39 is 24.5 Å². The zero-order valence-corrected chi connectivity index (χ0v) is 15.3. The first kappa shape index (κ1) is 18.5. The van der Waals surface area contributed by atoms with Gasteiger partial charge in [0.05, 0.1) is 12.4 Å². The van der Waals surface area contributed by atoms with E-state index in [9.17, 15) is 10.2 Å². The molecule has 0 spiro atoms. The lowest BCUT2D eigenvalue weighted by Crippen LogP contribution is -2.36. The van der Waals surface area contributed by atoms with Gasteiger partial charge in [-0.15, -0.1) is 0 Å². The summed E-state index contributed by atoms with van der Waals surface area (Å²) in [6.45, 7) is 0. The molecule has 0 radical (unpaired) electrons. The molecule has 5 atom stereocenters. The predicted molar refractivity (Wildman–Crippen MR) is 99.4 cm³/mol. The Balaban J connectivity index is 1.45. The number of anilines is 1. The van der Waals surface area contributed by atoms with Crippen molar-refractivity contribution in [3.63, 3.8) is 0 Å². The Morgan fingerprint density at radius 2 is 1.89 bits per heavy atom. The van der Waals surface area contributed by atoms with E-state index in [1.807, 2.05) is 0 Å². The number of nitrogens with zero attached hydrogens (tertiary/aromatic N) is 4. The third-order valence-electron chi connectivity index (χ3n) is 5.89. The van der Waals surface area contributed by atoms with Crippen LogP contribution in [0.2, 0.25) is 0 Å². The van der Waals surface area contributed by atoms with Crippen LogP contribution in [-0.2, 0) is 4.74 Å². The van der Waals surface area contributed by atoms with Gasteiger partial charge in [0.1, 0.15) is 24.1 Å². The molecule has 2 aromatic heterocycles. The highest BCUT2D eigenvalue weighted by Crippen LogP contribution is 2.35. The van der Waals surface area contributed by atoms with Gasteiger partial charge in [0, 0.05) is 6.04 Å². The molecule has 27 heavy (non-hydrogen) atoms. The third kappa shape index (κ3) is 3.64. The summed E-state index contributed by atoms with van der Waals surface area (Å²) >= 11 is 0. The van der Waals surface area contributed by atoms with E-state index in [2.05, 4.69) is 15.0 Å². The molecule has 9 heteroatoms. The fourth-order valence-corrected chi connectivity index (χ4v) is 4.46. The quantitative estimate of drug-likeness (QED) is 0.597. The number of hydrogen-bond acceptors (Lipinski definition) is 8. The van der Waals surface area contributed by atoms with Crippen LogP contribution in [0.15, 0.2) is 12.7 Å². The SMILES string of the molecule is Nc1ncnc2c1ncn2[C@@H]1O[C@H](C[C@@H](N)CC2CCCCC2)[C@@H](O)[C@H]1O. The van der Waals surface area contributed by atoms with Gasteiger partial charge in [0.2, 0.25) is 0 Å². The molecule has 9 nitrogen and oxygen atoms in total. The average Bonchev–Trinajstić information content (AvgIpc) is 3.20. The highest BCUT2D eigenvalue weighted by atomic mass is 16.6. The number of rotatable bonds is 5. The van der Waals surface area contributed by atoms with Gasteiger partial charge in [-0.1, -0.05) is 32.1 Å². The van der Waals surface area contributed by atoms with E-state index in [-0.39, 0.29) is 11.9 Å². The first-order valence-corrected chi connectivity index (χ1v) is 9.74. The Morgan fingerprint density at radius 3 is 2.67 bits per heavy atom. The molecule has 1 saturated carbocycles. The predicted octanol–water partition coefficient (Wildman–Crippen LogP) is 0.715. The Hall–Kier alpha value is -1.81. The van der Waals surface area contributed by atoms with Crippen molar-refractivity contribution < 1.29 is 14.9 Å². The second-order valence-corrected chi connectivity index (χ2v) is 7.86. The number of aliphatic hydroxyl groups excluding tert-OH is 2. The molecule has 4 rings (SSSR count). The van der Waals surface area contributed by atoms with Crippen molar-refractivity contribution in [2.24, 2.45) is 11.7 Å². The van der Waals surface area contributed by atoms with Crippen molar-refractivity contribution in [3.05, 3.63) is 12.7 Å². The van der Waals surface area contributed by atoms with Crippen LogP contribution >= 0.6 is 0 Å². The van der Waals surface area contributed by atoms with Gasteiger partial charge in [-0.3, -0.25) is 4.57 Å². The molecule has 0 unspecified atom stereocenters. The molecule has 6 N–H and O–H groups in total. The van der Waals surface area contributed by atoms with Crippen molar-refractivity contribution >= 4 is 17.0 Å². The van der Waals surface area contributed by atoms with Crippen molar-refractivity contribution in [1.29, 1.82) is 0 Å². The van der Waals surface area contributed by atoms with Gasteiger partial charge in [0.15, 0.2) is 17.7 Å². The van der Waals surface area contributed by atoms with Crippen LogP contribution in [0.3, 0.4) is 0 Å². The molecule has 2 aromatic rings. The van der Waals surface area contributed by atoms with Crippen molar-refractivity contribution in [3.8, 4) is 0 Å². The van der Waals surface area contributed by atoms with E-state index in [1.54, 1.807) is 4.57 Å². The number of aliphatic hydroxyl groups is 2. The smallest absolute Gasteiger partial charge is 0.167 e. The van der Waals surface area contributed by atoms with Crippen molar-refractivity contribution in [1.82, 2.24) is 19.5 Å². The molecule has 2 aliphatic rings. The van der Waals surface area contributed by atoms with E-state index >= 15 is 0 Å². The summed E-state index contributed by atoms with van der Waals surface area (Å²) in [6.07, 6.45) is 7.20. The number of hydrogen-bond donors (Lipinski definition) is 4. The minimum Gasteiger partial charge on any atom is -0.388 e. The Labute approximate surface area is 157 Å². The Morgan fingerprint density at radius 1 is 1.11 bits per heavy atom. The van der Waals surface area contributed by atoms with Crippen LogP contribution in [0, 0.1) is 5.92 Å². The summed E-state index contributed by atoms with van der Waals surface area (Å²) in [4.78, 5) is 12.3. The highest BCUT2D eigenvalue weighted by Gasteiger charge is 2.44. The number of nitrogen functional groups attached to an aromatic ring is 1. The summed E-state index contributed by atoms with van der Waals surface area (Å²) in [7, 11) is 0. The van der Waals surface area contributed by atoms with E-state index in [0.717, 1.165) is 6.42 Å². The van der Waals surface area contributed by atoms with Crippen LogP contribution in [0.25, 0.3) is 11.2 Å². The molecule has 0 aromatic carbocycles. The molecule has 0 amide bonds. The average molecular weight is 376 g/mol. The lowest BCUT2D eigenvalue weighted by atomic mass is 9.83. The number of ether oxygens (including phenoxy) is 1. The minimum atomic E-state index is -1.09. The maximum absolute atomic E-state index is 10.5. The third-order valence-corrected chi connectivity index (χ3v) is 5.89. The zero-order chi connectivity index (χ0) is 19.0. The molecule has 1 aliphatic carbocycles. The zero-order valence-electron chi connectivity index (χ0n) is 15.3. The van der Waals surface area contributed by atoms with Gasteiger partial charge in [-0.2, -0.15) is 0 Å². The highest BCUT2D eigenvalue weighted by molar-refractivity contribution is 5.81. The van der Waals surface area contributed by atoms with Gasteiger partial charge < -0.3 is 26.4 Å². The van der Waals surface area contributed by atoms with Crippen LogP contribution in [0.1, 0.15) is 51.2 Å². The largest absolute Gasteiger partial charge is 0.388 e. The fraction of sp³-hybridized carbons (Fsp3) is 0.722. The summed E-state index contributed by atoms with van der Waals surface area (Å²) in [5.41, 5.74) is 13.1. The van der Waals surface area contributed by atoms with Crippen molar-refractivity contribution in [2.45, 2.75) is 75.5 Å². The van der Waals surface area contributed by atoms with Gasteiger partial charge in [0.25, 0.3) is 0 Å². The van der Waals surface area contributed by atoms with Crippen LogP contribution in [0.5, 0.6) is 0 Å². The first-order chi connectivity index (χ1) is 13.0. The molecule has 2 fully saturated rings. The second kappa shape index (κ2) is 7.67. The maximum atomic E-state index is 10.5. The van der Waals surface area contributed by atoms with Gasteiger partial charge in [-0.25, -0.2) is 15.0 Å². The molecule has 148 valence electrons.